The van der Waals surface area contributed by atoms with Crippen molar-refractivity contribution in [2.24, 2.45) is 0 Å². The number of esters is 2. The highest BCUT2D eigenvalue weighted by atomic mass is 79.9. The van der Waals surface area contributed by atoms with Gasteiger partial charge in [0.1, 0.15) is 11.5 Å². The lowest BCUT2D eigenvalue weighted by molar-refractivity contribution is -0.136. The molecular weight excluding hydrogens is 400 g/mol. The molecule has 5 nitrogen and oxygen atoms in total. The monoisotopic (exact) mass is 412 g/mol. The van der Waals surface area contributed by atoms with E-state index in [4.69, 9.17) is 21.1 Å². The van der Waals surface area contributed by atoms with Gasteiger partial charge in [0.2, 0.25) is 0 Å². The fourth-order valence-electron chi connectivity index (χ4n) is 1.89. The highest BCUT2D eigenvalue weighted by molar-refractivity contribution is 9.10. The Morgan fingerprint density at radius 2 is 1.83 bits per heavy atom. The predicted molar refractivity (Wildman–Crippen MR) is 92.8 cm³/mol. The molecule has 0 radical (unpaired) electrons. The summed E-state index contributed by atoms with van der Waals surface area (Å²) in [6.07, 6.45) is 0. The number of rotatable bonds is 5. The third-order valence-electron chi connectivity index (χ3n) is 3.06. The molecule has 0 heterocycles. The van der Waals surface area contributed by atoms with Gasteiger partial charge in [0.05, 0.1) is 17.1 Å². The van der Waals surface area contributed by atoms with Crippen molar-refractivity contribution in [1.29, 1.82) is 0 Å². The topological polar surface area (TPSA) is 61.8 Å². The van der Waals surface area contributed by atoms with Gasteiger partial charge >= 0.3 is 11.9 Å². The fraction of sp³-hybridized carbons (Fsp3) is 0.176. The minimum atomic E-state index is -0.573. The summed E-state index contributed by atoms with van der Waals surface area (Å²) in [5.41, 5.74) is 1.16. The van der Waals surface area contributed by atoms with Crippen molar-refractivity contribution < 1.29 is 23.8 Å². The first kappa shape index (κ1) is 18.3. The van der Waals surface area contributed by atoms with Gasteiger partial charge in [0, 0.05) is 5.02 Å². The Balaban J connectivity index is 1.98. The molecule has 0 N–H and O–H groups in total. The number of methoxy groups -OCH3 is 1. The van der Waals surface area contributed by atoms with Crippen molar-refractivity contribution in [3.63, 3.8) is 0 Å². The molecule has 2 aromatic rings. The Hall–Kier alpha value is -2.05. The molecule has 126 valence electrons. The van der Waals surface area contributed by atoms with Crippen LogP contribution < -0.4 is 9.47 Å². The van der Waals surface area contributed by atoms with Gasteiger partial charge < -0.3 is 14.2 Å². The van der Waals surface area contributed by atoms with Crippen molar-refractivity contribution in [1.82, 2.24) is 0 Å². The van der Waals surface area contributed by atoms with Crippen LogP contribution in [0.15, 0.2) is 40.9 Å². The largest absolute Gasteiger partial charge is 0.482 e. The van der Waals surface area contributed by atoms with E-state index in [0.29, 0.717) is 20.8 Å². The van der Waals surface area contributed by atoms with Crippen LogP contribution >= 0.6 is 27.5 Å². The van der Waals surface area contributed by atoms with Crippen molar-refractivity contribution in [3.05, 3.63) is 57.0 Å². The van der Waals surface area contributed by atoms with Crippen LogP contribution in [0.1, 0.15) is 15.9 Å². The van der Waals surface area contributed by atoms with E-state index in [0.717, 1.165) is 5.56 Å². The van der Waals surface area contributed by atoms with Crippen LogP contribution in [0, 0.1) is 6.92 Å². The lowest BCUT2D eigenvalue weighted by Gasteiger charge is -2.10. The van der Waals surface area contributed by atoms with Gasteiger partial charge in [-0.1, -0.05) is 11.6 Å². The molecule has 0 aliphatic heterocycles. The number of benzene rings is 2. The van der Waals surface area contributed by atoms with E-state index in [1.165, 1.54) is 25.3 Å². The molecule has 24 heavy (non-hydrogen) atoms. The molecule has 0 atom stereocenters. The van der Waals surface area contributed by atoms with Crippen LogP contribution in [0.3, 0.4) is 0 Å². The standard InChI is InChI=1S/C17H14BrClO5/c1-10-7-12(19)4-6-14(10)23-9-16(20)24-15-5-3-11(8-13(15)18)17(21)22-2/h3-8H,9H2,1-2H3. The lowest BCUT2D eigenvalue weighted by atomic mass is 10.2. The maximum atomic E-state index is 11.9. The van der Waals surface area contributed by atoms with E-state index < -0.39 is 11.9 Å². The van der Waals surface area contributed by atoms with E-state index in [9.17, 15) is 9.59 Å². The fourth-order valence-corrected chi connectivity index (χ4v) is 2.58. The van der Waals surface area contributed by atoms with Gasteiger partial charge in [-0.15, -0.1) is 0 Å². The minimum absolute atomic E-state index is 0.256. The van der Waals surface area contributed by atoms with Crippen molar-refractivity contribution in [2.75, 3.05) is 13.7 Å². The molecule has 0 aliphatic rings. The molecular formula is C17H14BrClO5. The molecule has 0 aliphatic carbocycles. The molecule has 0 fully saturated rings. The van der Waals surface area contributed by atoms with Crippen molar-refractivity contribution >= 4 is 39.5 Å². The lowest BCUT2D eigenvalue weighted by Crippen LogP contribution is -2.18. The molecule has 2 rings (SSSR count). The van der Waals surface area contributed by atoms with E-state index in [-0.39, 0.29) is 12.4 Å². The molecule has 0 amide bonds. The van der Waals surface area contributed by atoms with E-state index >= 15 is 0 Å². The Labute approximate surface area is 152 Å². The van der Waals surface area contributed by atoms with Gasteiger partial charge in [-0.05, 0) is 64.8 Å². The average molecular weight is 414 g/mol. The number of ether oxygens (including phenoxy) is 3. The van der Waals surface area contributed by atoms with Crippen LogP contribution in [-0.4, -0.2) is 25.7 Å². The first-order valence-electron chi connectivity index (χ1n) is 6.88. The van der Waals surface area contributed by atoms with Gasteiger partial charge in [0.15, 0.2) is 6.61 Å². The number of halogens is 2. The average Bonchev–Trinajstić information content (AvgIpc) is 2.55. The maximum Gasteiger partial charge on any atom is 0.349 e. The van der Waals surface area contributed by atoms with E-state index in [2.05, 4.69) is 20.7 Å². The predicted octanol–water partition coefficient (Wildman–Crippen LogP) is 4.18. The molecule has 2 aromatic carbocycles. The molecule has 0 aromatic heterocycles. The first-order valence-corrected chi connectivity index (χ1v) is 8.05. The summed E-state index contributed by atoms with van der Waals surface area (Å²) in [6, 6.07) is 9.62. The van der Waals surface area contributed by atoms with Gasteiger partial charge in [-0.25, -0.2) is 9.59 Å². The quantitative estimate of drug-likeness (QED) is 0.543. The summed E-state index contributed by atoms with van der Waals surface area (Å²) in [5, 5.41) is 0.594. The molecule has 7 heteroatoms. The normalized spacial score (nSPS) is 10.2. The minimum Gasteiger partial charge on any atom is -0.482 e. The molecule has 0 spiro atoms. The second-order valence-corrected chi connectivity index (χ2v) is 6.10. The highest BCUT2D eigenvalue weighted by Gasteiger charge is 2.13. The molecule has 0 saturated carbocycles. The third-order valence-corrected chi connectivity index (χ3v) is 3.91. The molecule has 0 unspecified atom stereocenters. The summed E-state index contributed by atoms with van der Waals surface area (Å²) < 4.78 is 15.7. The summed E-state index contributed by atoms with van der Waals surface area (Å²) in [7, 11) is 1.29. The Morgan fingerprint density at radius 1 is 1.12 bits per heavy atom. The summed E-state index contributed by atoms with van der Waals surface area (Å²) >= 11 is 9.11. The van der Waals surface area contributed by atoms with Crippen molar-refractivity contribution in [2.45, 2.75) is 6.92 Å². The maximum absolute atomic E-state index is 11.9. The second kappa shape index (κ2) is 8.17. The third kappa shape index (κ3) is 4.72. The summed E-state index contributed by atoms with van der Waals surface area (Å²) in [5.74, 6) is -0.216. The van der Waals surface area contributed by atoms with Crippen LogP contribution in [0.4, 0.5) is 0 Å². The van der Waals surface area contributed by atoms with Gasteiger partial charge in [-0.3, -0.25) is 0 Å². The highest BCUT2D eigenvalue weighted by Crippen LogP contribution is 2.27. The number of carbonyl (C=O) groups excluding carboxylic acids is 2. The van der Waals surface area contributed by atoms with E-state index in [1.54, 1.807) is 18.2 Å². The zero-order valence-corrected chi connectivity index (χ0v) is 15.3. The van der Waals surface area contributed by atoms with Gasteiger partial charge in [0.25, 0.3) is 0 Å². The Kier molecular flexibility index (Phi) is 6.23. The number of carbonyl (C=O) groups is 2. The first-order chi connectivity index (χ1) is 11.4. The zero-order valence-electron chi connectivity index (χ0n) is 13.0. The summed E-state index contributed by atoms with van der Waals surface area (Å²) in [6.45, 7) is 1.57. The smallest absolute Gasteiger partial charge is 0.349 e. The van der Waals surface area contributed by atoms with Crippen molar-refractivity contribution in [3.8, 4) is 11.5 Å². The molecule has 0 saturated heterocycles. The zero-order chi connectivity index (χ0) is 17.7. The number of aryl methyl sites for hydroxylation is 1. The Bertz CT molecular complexity index is 776. The number of hydrogen-bond acceptors (Lipinski definition) is 5. The summed E-state index contributed by atoms with van der Waals surface area (Å²) in [4.78, 5) is 23.3. The van der Waals surface area contributed by atoms with Crippen LogP contribution in [-0.2, 0) is 9.53 Å². The van der Waals surface area contributed by atoms with Gasteiger partial charge in [-0.2, -0.15) is 0 Å². The Morgan fingerprint density at radius 3 is 2.46 bits per heavy atom. The molecule has 0 bridgehead atoms. The van der Waals surface area contributed by atoms with Crippen LogP contribution in [0.2, 0.25) is 5.02 Å². The van der Waals surface area contributed by atoms with E-state index in [1.807, 2.05) is 6.92 Å². The number of hydrogen-bond donors (Lipinski definition) is 0. The SMILES string of the molecule is COC(=O)c1ccc(OC(=O)COc2ccc(Cl)cc2C)c(Br)c1. The van der Waals surface area contributed by atoms with Crippen LogP contribution in [0.5, 0.6) is 11.5 Å². The van der Waals surface area contributed by atoms with Crippen LogP contribution in [0.25, 0.3) is 0 Å². The second-order valence-electron chi connectivity index (χ2n) is 4.81.